The molecule has 0 aliphatic heterocycles. The van der Waals surface area contributed by atoms with Crippen LogP contribution in [0.1, 0.15) is 31.4 Å². The molecule has 0 bridgehead atoms. The molecule has 0 spiro atoms. The molecule has 1 N–H and O–H groups in total. The molecular weight excluding hydrogens is 200 g/mol. The SMILES string of the molecule is CC1C(O)CCC1c1c(Cl)cnn1C. The topological polar surface area (TPSA) is 38.1 Å². The lowest BCUT2D eigenvalue weighted by Gasteiger charge is -2.18. The van der Waals surface area contributed by atoms with Gasteiger partial charge in [-0.1, -0.05) is 18.5 Å². The summed E-state index contributed by atoms with van der Waals surface area (Å²) in [6, 6.07) is 0. The van der Waals surface area contributed by atoms with Gasteiger partial charge in [0.15, 0.2) is 0 Å². The van der Waals surface area contributed by atoms with Gasteiger partial charge >= 0.3 is 0 Å². The number of nitrogens with zero attached hydrogens (tertiary/aromatic N) is 2. The normalized spacial score (nSPS) is 32.4. The van der Waals surface area contributed by atoms with Crippen LogP contribution in [0.2, 0.25) is 5.02 Å². The van der Waals surface area contributed by atoms with Gasteiger partial charge in [0.05, 0.1) is 23.0 Å². The number of aliphatic hydroxyl groups excluding tert-OH is 1. The van der Waals surface area contributed by atoms with Crippen LogP contribution in [0, 0.1) is 5.92 Å². The van der Waals surface area contributed by atoms with Crippen LogP contribution in [0.3, 0.4) is 0 Å². The highest BCUT2D eigenvalue weighted by molar-refractivity contribution is 6.31. The second-order valence-electron chi connectivity index (χ2n) is 4.11. The molecule has 78 valence electrons. The van der Waals surface area contributed by atoms with Crippen LogP contribution in [-0.2, 0) is 7.05 Å². The van der Waals surface area contributed by atoms with E-state index in [0.29, 0.717) is 5.92 Å². The van der Waals surface area contributed by atoms with Gasteiger partial charge in [0.25, 0.3) is 0 Å². The maximum Gasteiger partial charge on any atom is 0.0820 e. The summed E-state index contributed by atoms with van der Waals surface area (Å²) >= 11 is 6.07. The van der Waals surface area contributed by atoms with Crippen molar-refractivity contribution in [2.75, 3.05) is 0 Å². The second-order valence-corrected chi connectivity index (χ2v) is 4.52. The fraction of sp³-hybridized carbons (Fsp3) is 0.700. The lowest BCUT2D eigenvalue weighted by atomic mass is 9.93. The van der Waals surface area contributed by atoms with Gasteiger partial charge in [0.2, 0.25) is 0 Å². The van der Waals surface area contributed by atoms with Crippen LogP contribution in [0.15, 0.2) is 6.20 Å². The number of aromatic nitrogens is 2. The first-order valence-corrected chi connectivity index (χ1v) is 5.34. The molecule has 14 heavy (non-hydrogen) atoms. The summed E-state index contributed by atoms with van der Waals surface area (Å²) in [7, 11) is 1.90. The lowest BCUT2D eigenvalue weighted by molar-refractivity contribution is 0.136. The van der Waals surface area contributed by atoms with Crippen LogP contribution >= 0.6 is 11.6 Å². The van der Waals surface area contributed by atoms with Crippen molar-refractivity contribution in [1.82, 2.24) is 9.78 Å². The predicted octanol–water partition coefficient (Wildman–Crippen LogP) is 1.95. The molecule has 0 aromatic carbocycles. The third kappa shape index (κ3) is 1.44. The molecule has 1 aromatic rings. The third-order valence-electron chi connectivity index (χ3n) is 3.30. The minimum atomic E-state index is -0.189. The number of halogens is 1. The van der Waals surface area contributed by atoms with Crippen LogP contribution in [0.4, 0.5) is 0 Å². The molecule has 3 atom stereocenters. The smallest absolute Gasteiger partial charge is 0.0820 e. The highest BCUT2D eigenvalue weighted by Gasteiger charge is 2.35. The van der Waals surface area contributed by atoms with E-state index in [9.17, 15) is 5.11 Å². The van der Waals surface area contributed by atoms with Gasteiger partial charge < -0.3 is 5.11 Å². The van der Waals surface area contributed by atoms with Crippen LogP contribution in [-0.4, -0.2) is 21.0 Å². The number of rotatable bonds is 1. The van der Waals surface area contributed by atoms with E-state index in [1.54, 1.807) is 6.20 Å². The Bertz CT molecular complexity index is 317. The predicted molar refractivity (Wildman–Crippen MR) is 55.4 cm³/mol. The van der Waals surface area contributed by atoms with Crippen molar-refractivity contribution in [2.24, 2.45) is 13.0 Å². The van der Waals surface area contributed by atoms with Gasteiger partial charge in [-0.2, -0.15) is 5.10 Å². The minimum absolute atomic E-state index is 0.189. The first-order valence-electron chi connectivity index (χ1n) is 4.96. The van der Waals surface area contributed by atoms with Gasteiger partial charge in [-0.15, -0.1) is 0 Å². The summed E-state index contributed by atoms with van der Waals surface area (Å²) in [5.74, 6) is 0.632. The van der Waals surface area contributed by atoms with Gasteiger partial charge in [0.1, 0.15) is 0 Å². The number of aliphatic hydroxyl groups is 1. The first-order chi connectivity index (χ1) is 6.61. The summed E-state index contributed by atoms with van der Waals surface area (Å²) in [5.41, 5.74) is 1.07. The summed E-state index contributed by atoms with van der Waals surface area (Å²) in [6.07, 6.45) is 3.36. The molecule has 1 aromatic heterocycles. The fourth-order valence-corrected chi connectivity index (χ4v) is 2.67. The molecule has 3 unspecified atom stereocenters. The Kier molecular flexibility index (Phi) is 2.54. The zero-order valence-electron chi connectivity index (χ0n) is 8.44. The molecule has 1 saturated carbocycles. The van der Waals surface area contributed by atoms with E-state index < -0.39 is 0 Å². The molecule has 1 heterocycles. The van der Waals surface area contributed by atoms with E-state index in [1.165, 1.54) is 0 Å². The average Bonchev–Trinajstić information content (AvgIpc) is 2.62. The largest absolute Gasteiger partial charge is 0.393 e. The zero-order chi connectivity index (χ0) is 10.3. The van der Waals surface area contributed by atoms with Crippen LogP contribution < -0.4 is 0 Å². The standard InChI is InChI=1S/C10H15ClN2O/c1-6-7(3-4-9(6)14)10-8(11)5-12-13(10)2/h5-7,9,14H,3-4H2,1-2H3. The summed E-state index contributed by atoms with van der Waals surface area (Å²) in [6.45, 7) is 2.08. The third-order valence-corrected chi connectivity index (χ3v) is 3.60. The van der Waals surface area contributed by atoms with Gasteiger partial charge in [-0.05, 0) is 18.8 Å². The van der Waals surface area contributed by atoms with E-state index >= 15 is 0 Å². The van der Waals surface area contributed by atoms with Gasteiger partial charge in [-0.25, -0.2) is 0 Å². The Morgan fingerprint density at radius 2 is 2.29 bits per heavy atom. The van der Waals surface area contributed by atoms with Crippen molar-refractivity contribution < 1.29 is 5.11 Å². The molecule has 4 heteroatoms. The van der Waals surface area contributed by atoms with Crippen molar-refractivity contribution in [1.29, 1.82) is 0 Å². The minimum Gasteiger partial charge on any atom is -0.393 e. The maximum atomic E-state index is 9.68. The summed E-state index contributed by atoms with van der Waals surface area (Å²) in [4.78, 5) is 0. The van der Waals surface area contributed by atoms with Crippen molar-refractivity contribution in [3.63, 3.8) is 0 Å². The second kappa shape index (κ2) is 3.55. The molecule has 0 radical (unpaired) electrons. The molecule has 2 rings (SSSR count). The Balaban J connectivity index is 2.32. The van der Waals surface area contributed by atoms with E-state index in [2.05, 4.69) is 12.0 Å². The molecule has 0 saturated heterocycles. The molecule has 3 nitrogen and oxygen atoms in total. The van der Waals surface area contributed by atoms with E-state index in [4.69, 9.17) is 11.6 Å². The highest BCUT2D eigenvalue weighted by Crippen LogP contribution is 2.41. The van der Waals surface area contributed by atoms with Gasteiger partial charge in [0, 0.05) is 13.0 Å². The van der Waals surface area contributed by atoms with Gasteiger partial charge in [-0.3, -0.25) is 4.68 Å². The molecule has 0 amide bonds. The highest BCUT2D eigenvalue weighted by atomic mass is 35.5. The van der Waals surface area contributed by atoms with E-state index in [1.807, 2.05) is 11.7 Å². The van der Waals surface area contributed by atoms with E-state index in [0.717, 1.165) is 23.6 Å². The van der Waals surface area contributed by atoms with Crippen molar-refractivity contribution in [3.05, 3.63) is 16.9 Å². The Hall–Kier alpha value is -0.540. The Labute approximate surface area is 88.7 Å². The average molecular weight is 215 g/mol. The monoisotopic (exact) mass is 214 g/mol. The Morgan fingerprint density at radius 3 is 2.71 bits per heavy atom. The maximum absolute atomic E-state index is 9.68. The van der Waals surface area contributed by atoms with Crippen molar-refractivity contribution >= 4 is 11.6 Å². The first kappa shape index (κ1) is 9.99. The molecule has 1 aliphatic rings. The zero-order valence-corrected chi connectivity index (χ0v) is 9.20. The summed E-state index contributed by atoms with van der Waals surface area (Å²) in [5, 5.41) is 14.5. The quantitative estimate of drug-likeness (QED) is 0.776. The number of aryl methyl sites for hydroxylation is 1. The lowest BCUT2D eigenvalue weighted by Crippen LogP contribution is -2.16. The van der Waals surface area contributed by atoms with Crippen molar-refractivity contribution in [2.45, 2.75) is 31.8 Å². The van der Waals surface area contributed by atoms with Crippen LogP contribution in [0.25, 0.3) is 0 Å². The summed E-state index contributed by atoms with van der Waals surface area (Å²) < 4.78 is 1.82. The molecular formula is C10H15ClN2O. The fourth-order valence-electron chi connectivity index (χ4n) is 2.37. The molecule has 1 aliphatic carbocycles. The van der Waals surface area contributed by atoms with E-state index in [-0.39, 0.29) is 12.0 Å². The molecule has 1 fully saturated rings. The number of hydrogen-bond acceptors (Lipinski definition) is 2. The van der Waals surface area contributed by atoms with Crippen molar-refractivity contribution in [3.8, 4) is 0 Å². The Morgan fingerprint density at radius 1 is 1.57 bits per heavy atom. The van der Waals surface area contributed by atoms with Crippen LogP contribution in [0.5, 0.6) is 0 Å². The number of hydrogen-bond donors (Lipinski definition) is 1.